The molecule has 0 spiro atoms. The smallest absolute Gasteiger partial charge is 0.436 e. The van der Waals surface area contributed by atoms with Crippen LogP contribution in [0.4, 0.5) is 5.95 Å². The summed E-state index contributed by atoms with van der Waals surface area (Å²) in [5.74, 6) is -2.14. The minimum Gasteiger partial charge on any atom is -0.479 e. The van der Waals surface area contributed by atoms with E-state index in [1.54, 1.807) is 0 Å². The number of nitro groups is 1. The second-order valence-corrected chi connectivity index (χ2v) is 6.11. The Kier molecular flexibility index (Phi) is 7.94. The van der Waals surface area contributed by atoms with E-state index in [4.69, 9.17) is 24.4 Å². The molecule has 2 rings (SSSR count). The van der Waals surface area contributed by atoms with Crippen LogP contribution in [0.3, 0.4) is 0 Å². The molecule has 2 heterocycles. The van der Waals surface area contributed by atoms with Gasteiger partial charge in [-0.2, -0.15) is 0 Å². The number of aromatic nitrogens is 2. The lowest BCUT2D eigenvalue weighted by Gasteiger charge is -2.39. The molecular formula is C14H21N3O12. The van der Waals surface area contributed by atoms with Gasteiger partial charge >= 0.3 is 11.9 Å². The molecule has 1 aliphatic rings. The Morgan fingerprint density at radius 2 is 2.03 bits per heavy atom. The Labute approximate surface area is 162 Å². The molecule has 1 saturated heterocycles. The van der Waals surface area contributed by atoms with Gasteiger partial charge in [-0.3, -0.25) is 0 Å². The van der Waals surface area contributed by atoms with Crippen LogP contribution in [0.25, 0.3) is 0 Å². The highest BCUT2D eigenvalue weighted by Gasteiger charge is 2.47. The van der Waals surface area contributed by atoms with Gasteiger partial charge in [0.15, 0.2) is 19.1 Å². The highest BCUT2D eigenvalue weighted by Crippen LogP contribution is 2.23. The summed E-state index contributed by atoms with van der Waals surface area (Å²) in [7, 11) is 0. The van der Waals surface area contributed by atoms with Gasteiger partial charge in [0.05, 0.1) is 13.2 Å². The number of carboxylic acids is 1. The normalized spacial score (nSPS) is 29.3. The first kappa shape index (κ1) is 23.0. The van der Waals surface area contributed by atoms with Crippen LogP contribution in [-0.4, -0.2) is 107 Å². The minimum absolute atomic E-state index is 0.450. The van der Waals surface area contributed by atoms with Gasteiger partial charge in [-0.15, -0.1) is 0 Å². The number of carboxylic acid groups (broad SMARTS) is 1. The van der Waals surface area contributed by atoms with Gasteiger partial charge in [-0.1, -0.05) is 4.98 Å². The zero-order valence-corrected chi connectivity index (χ0v) is 14.8. The molecule has 0 aliphatic carbocycles. The molecule has 0 aromatic carbocycles. The molecule has 164 valence electrons. The monoisotopic (exact) mass is 423 g/mol. The van der Waals surface area contributed by atoms with Gasteiger partial charge in [-0.25, -0.2) is 9.36 Å². The molecule has 6 N–H and O–H groups in total. The molecule has 0 amide bonds. The Balaban J connectivity index is 2.01. The average molecular weight is 423 g/mol. The third-order valence-electron chi connectivity index (χ3n) is 4.14. The van der Waals surface area contributed by atoms with Crippen LogP contribution in [0.5, 0.6) is 0 Å². The summed E-state index contributed by atoms with van der Waals surface area (Å²) < 4.78 is 16.4. The Morgan fingerprint density at radius 1 is 1.34 bits per heavy atom. The fourth-order valence-electron chi connectivity index (χ4n) is 2.52. The van der Waals surface area contributed by atoms with E-state index >= 15 is 0 Å². The molecule has 1 aliphatic heterocycles. The minimum atomic E-state index is -1.90. The summed E-state index contributed by atoms with van der Waals surface area (Å²) in [5, 5.41) is 68.1. The zero-order valence-electron chi connectivity index (χ0n) is 14.8. The Bertz CT molecular complexity index is 699. The lowest BCUT2D eigenvalue weighted by molar-refractivity contribution is -0.398. The second kappa shape index (κ2) is 9.99. The van der Waals surface area contributed by atoms with E-state index in [1.807, 2.05) is 0 Å². The first-order chi connectivity index (χ1) is 13.7. The van der Waals surface area contributed by atoms with Gasteiger partial charge in [0.1, 0.15) is 42.9 Å². The summed E-state index contributed by atoms with van der Waals surface area (Å²) in [4.78, 5) is 24.7. The number of imidazole rings is 1. The lowest BCUT2D eigenvalue weighted by atomic mass is 9.99. The van der Waals surface area contributed by atoms with Crippen molar-refractivity contribution in [3.8, 4) is 0 Å². The number of hydrogen-bond donors (Lipinski definition) is 6. The number of rotatable bonds is 10. The summed E-state index contributed by atoms with van der Waals surface area (Å²) in [6.07, 6.45) is -9.59. The van der Waals surface area contributed by atoms with E-state index in [9.17, 15) is 35.3 Å². The maximum atomic E-state index is 11.1. The summed E-state index contributed by atoms with van der Waals surface area (Å²) in [5.41, 5.74) is 0. The third kappa shape index (κ3) is 5.43. The highest BCUT2D eigenvalue weighted by atomic mass is 16.7. The van der Waals surface area contributed by atoms with Crippen LogP contribution in [0.15, 0.2) is 12.4 Å². The first-order valence-corrected chi connectivity index (χ1v) is 8.27. The molecule has 29 heavy (non-hydrogen) atoms. The van der Waals surface area contributed by atoms with E-state index in [1.165, 1.54) is 6.20 Å². The quantitative estimate of drug-likeness (QED) is 0.158. The number of ether oxygens (including phenoxy) is 3. The number of hydrogen-bond acceptors (Lipinski definition) is 12. The van der Waals surface area contributed by atoms with Crippen molar-refractivity contribution in [1.29, 1.82) is 0 Å². The molecule has 15 nitrogen and oxygen atoms in total. The molecular weight excluding hydrogens is 402 g/mol. The van der Waals surface area contributed by atoms with Crippen LogP contribution in [0, 0.1) is 10.1 Å². The summed E-state index contributed by atoms with van der Waals surface area (Å²) in [6, 6.07) is 0. The van der Waals surface area contributed by atoms with Crippen LogP contribution in [0.2, 0.25) is 0 Å². The molecule has 1 aromatic heterocycles. The molecule has 0 saturated carbocycles. The fourth-order valence-corrected chi connectivity index (χ4v) is 2.52. The van der Waals surface area contributed by atoms with Crippen molar-refractivity contribution >= 4 is 11.9 Å². The van der Waals surface area contributed by atoms with Gasteiger partial charge in [-0.05, 0) is 4.92 Å². The van der Waals surface area contributed by atoms with Crippen molar-refractivity contribution < 1.29 is 54.6 Å². The van der Waals surface area contributed by atoms with Crippen LogP contribution >= 0.6 is 0 Å². The van der Waals surface area contributed by atoms with Crippen molar-refractivity contribution in [1.82, 2.24) is 9.55 Å². The molecule has 1 fully saturated rings. The largest absolute Gasteiger partial charge is 0.479 e. The molecule has 1 aromatic rings. The average Bonchev–Trinajstić information content (AvgIpc) is 3.15. The van der Waals surface area contributed by atoms with Crippen molar-refractivity contribution in [2.24, 2.45) is 0 Å². The van der Waals surface area contributed by atoms with E-state index < -0.39 is 79.7 Å². The number of carbonyl (C=O) groups is 1. The summed E-state index contributed by atoms with van der Waals surface area (Å²) >= 11 is 0. The van der Waals surface area contributed by atoms with E-state index in [-0.39, 0.29) is 0 Å². The lowest BCUT2D eigenvalue weighted by Crippen LogP contribution is -2.60. The van der Waals surface area contributed by atoms with E-state index in [0.29, 0.717) is 0 Å². The number of aliphatic carboxylic acids is 1. The van der Waals surface area contributed by atoms with Crippen molar-refractivity contribution in [2.75, 3.05) is 13.2 Å². The van der Waals surface area contributed by atoms with Crippen LogP contribution in [0.1, 0.15) is 0 Å². The predicted octanol–water partition coefficient (Wildman–Crippen LogP) is -3.60. The standard InChI is InChI=1S/C14H21N3O12/c18-3-6(19)7(28-5-16-2-1-15-14(16)17(25)26)4-27-13-10(22)8(20)9(21)11(29-13)12(23)24/h1-2,6-11,13,18-22H,3-5H2,(H,23,24)/t6-,7+,8-,9-,10+,11-,13+/m0/s1. The fraction of sp³-hybridized carbons (Fsp3) is 0.714. The van der Waals surface area contributed by atoms with E-state index in [0.717, 1.165) is 10.8 Å². The molecule has 15 heteroatoms. The van der Waals surface area contributed by atoms with Crippen molar-refractivity contribution in [2.45, 2.75) is 49.6 Å². The van der Waals surface area contributed by atoms with Crippen molar-refractivity contribution in [3.63, 3.8) is 0 Å². The zero-order chi connectivity index (χ0) is 21.7. The topological polar surface area (TPSA) is 227 Å². The Hall–Kier alpha value is -2.24. The Morgan fingerprint density at radius 3 is 2.62 bits per heavy atom. The molecule has 7 atom stereocenters. The molecule has 0 unspecified atom stereocenters. The second-order valence-electron chi connectivity index (χ2n) is 6.11. The number of aliphatic hydroxyl groups is 5. The van der Waals surface area contributed by atoms with Gasteiger partial charge in [0, 0.05) is 0 Å². The molecule has 0 bridgehead atoms. The van der Waals surface area contributed by atoms with Gasteiger partial charge in [0.25, 0.3) is 0 Å². The number of nitrogens with zero attached hydrogens (tertiary/aromatic N) is 3. The summed E-state index contributed by atoms with van der Waals surface area (Å²) in [6.45, 7) is -1.79. The van der Waals surface area contributed by atoms with Crippen molar-refractivity contribution in [3.05, 3.63) is 22.5 Å². The maximum absolute atomic E-state index is 11.1. The highest BCUT2D eigenvalue weighted by molar-refractivity contribution is 5.73. The first-order valence-electron chi connectivity index (χ1n) is 8.27. The SMILES string of the molecule is O=C(O)[C@H]1O[C@@H](OC[C@@H](OCn2ccnc2[N+](=O)[O-])[C@@H](O)CO)[C@H](O)[C@@H](O)[C@@H]1O. The van der Waals surface area contributed by atoms with Gasteiger partial charge < -0.3 is 55.0 Å². The van der Waals surface area contributed by atoms with Gasteiger partial charge in [0.2, 0.25) is 0 Å². The van der Waals surface area contributed by atoms with Crippen LogP contribution in [-0.2, 0) is 25.7 Å². The maximum Gasteiger partial charge on any atom is 0.436 e. The number of aliphatic hydroxyl groups excluding tert-OH is 5. The molecule has 0 radical (unpaired) electrons. The predicted molar refractivity (Wildman–Crippen MR) is 87.1 cm³/mol. The van der Waals surface area contributed by atoms with E-state index in [2.05, 4.69) is 4.98 Å². The van der Waals surface area contributed by atoms with Crippen LogP contribution < -0.4 is 0 Å². The third-order valence-corrected chi connectivity index (χ3v) is 4.14.